The van der Waals surface area contributed by atoms with Crippen LogP contribution in [0.1, 0.15) is 57.9 Å². The highest BCUT2D eigenvalue weighted by Gasteiger charge is 2.43. The molecular formula is C22H32FNO2. The van der Waals surface area contributed by atoms with Crippen molar-refractivity contribution < 1.29 is 13.9 Å². The van der Waals surface area contributed by atoms with Crippen molar-refractivity contribution in [3.05, 3.63) is 29.6 Å². The molecule has 0 spiro atoms. The zero-order valence-electron chi connectivity index (χ0n) is 16.7. The normalized spacial score (nSPS) is 28.4. The molecule has 2 fully saturated rings. The third kappa shape index (κ3) is 4.11. The van der Waals surface area contributed by atoms with Gasteiger partial charge in [-0.05, 0) is 102 Å². The van der Waals surface area contributed by atoms with Gasteiger partial charge in [-0.25, -0.2) is 4.39 Å². The first-order valence-corrected chi connectivity index (χ1v) is 9.81. The average Bonchev–Trinajstić information content (AvgIpc) is 2.93. The minimum Gasteiger partial charge on any atom is -0.426 e. The molecule has 4 atom stereocenters. The van der Waals surface area contributed by atoms with Gasteiger partial charge < -0.3 is 9.64 Å². The summed E-state index contributed by atoms with van der Waals surface area (Å²) in [5.74, 6) is 2.07. The summed E-state index contributed by atoms with van der Waals surface area (Å²) in [6, 6.07) is 4.81. The predicted molar refractivity (Wildman–Crippen MR) is 102 cm³/mol. The summed E-state index contributed by atoms with van der Waals surface area (Å²) in [7, 11) is 4.19. The summed E-state index contributed by atoms with van der Waals surface area (Å²) in [6.45, 7) is 6.45. The summed E-state index contributed by atoms with van der Waals surface area (Å²) in [5.41, 5.74) is 0.152. The Balaban J connectivity index is 1.88. The standard InChI is InChI=1S/C22H32FNO2/c1-22(2,3)21(25)26-16-8-9-20(23)18(12-16)17-11-14-6-7-15(10-14)19(17)13-24(4)5/h8-9,12,14-15,17,19H,6-7,10-11,13H2,1-5H3/t14-,15+,17-,19-/m0/s1. The molecule has 1 aromatic carbocycles. The van der Waals surface area contributed by atoms with Crippen LogP contribution in [0.3, 0.4) is 0 Å². The number of hydrogen-bond acceptors (Lipinski definition) is 3. The summed E-state index contributed by atoms with van der Waals surface area (Å²) >= 11 is 0. The van der Waals surface area contributed by atoms with Crippen LogP contribution in [0.4, 0.5) is 4.39 Å². The molecule has 4 heteroatoms. The number of rotatable bonds is 4. The summed E-state index contributed by atoms with van der Waals surface area (Å²) in [4.78, 5) is 14.4. The fourth-order valence-electron chi connectivity index (χ4n) is 4.76. The molecule has 0 aromatic heterocycles. The zero-order valence-corrected chi connectivity index (χ0v) is 16.7. The molecule has 26 heavy (non-hydrogen) atoms. The van der Waals surface area contributed by atoms with E-state index in [0.29, 0.717) is 23.5 Å². The van der Waals surface area contributed by atoms with Crippen LogP contribution in [0.15, 0.2) is 18.2 Å². The van der Waals surface area contributed by atoms with Crippen LogP contribution in [0, 0.1) is 29.0 Å². The number of ether oxygens (including phenoxy) is 1. The molecule has 2 saturated carbocycles. The Morgan fingerprint density at radius 1 is 1.23 bits per heavy atom. The third-order valence-electron chi connectivity index (χ3n) is 6.06. The van der Waals surface area contributed by atoms with E-state index in [1.807, 2.05) is 20.8 Å². The third-order valence-corrected chi connectivity index (χ3v) is 6.06. The zero-order chi connectivity index (χ0) is 19.1. The molecule has 0 aliphatic heterocycles. The monoisotopic (exact) mass is 361 g/mol. The van der Waals surface area contributed by atoms with Crippen molar-refractivity contribution in [3.63, 3.8) is 0 Å². The van der Waals surface area contributed by atoms with E-state index >= 15 is 0 Å². The van der Waals surface area contributed by atoms with Crippen LogP contribution in [0.5, 0.6) is 5.75 Å². The topological polar surface area (TPSA) is 29.5 Å². The van der Waals surface area contributed by atoms with Crippen molar-refractivity contribution in [1.82, 2.24) is 4.90 Å². The van der Waals surface area contributed by atoms with E-state index in [-0.39, 0.29) is 17.7 Å². The Kier molecular flexibility index (Phi) is 5.43. The summed E-state index contributed by atoms with van der Waals surface area (Å²) in [6.07, 6.45) is 4.86. The van der Waals surface area contributed by atoms with Gasteiger partial charge in [0.25, 0.3) is 0 Å². The van der Waals surface area contributed by atoms with Crippen molar-refractivity contribution in [2.24, 2.45) is 23.2 Å². The molecule has 0 saturated heterocycles. The molecule has 3 nitrogen and oxygen atoms in total. The molecule has 0 radical (unpaired) electrons. The number of carbonyl (C=O) groups is 1. The number of hydrogen-bond donors (Lipinski definition) is 0. The highest BCUT2D eigenvalue weighted by Crippen LogP contribution is 2.52. The van der Waals surface area contributed by atoms with Gasteiger partial charge in [0, 0.05) is 6.54 Å². The van der Waals surface area contributed by atoms with Gasteiger partial charge in [-0.3, -0.25) is 4.79 Å². The van der Waals surface area contributed by atoms with Crippen LogP contribution < -0.4 is 4.74 Å². The molecule has 0 unspecified atom stereocenters. The number of nitrogens with zero attached hydrogens (tertiary/aromatic N) is 1. The molecule has 2 aliphatic rings. The lowest BCUT2D eigenvalue weighted by molar-refractivity contribution is -0.143. The molecule has 2 bridgehead atoms. The van der Waals surface area contributed by atoms with Crippen LogP contribution in [-0.2, 0) is 4.79 Å². The Bertz CT molecular complexity index is 665. The van der Waals surface area contributed by atoms with Crippen molar-refractivity contribution in [2.75, 3.05) is 20.6 Å². The van der Waals surface area contributed by atoms with Gasteiger partial charge in [-0.15, -0.1) is 0 Å². The van der Waals surface area contributed by atoms with Crippen molar-refractivity contribution >= 4 is 5.97 Å². The number of carbonyl (C=O) groups excluding carboxylic acids is 1. The van der Waals surface area contributed by atoms with Gasteiger partial charge in [-0.1, -0.05) is 6.42 Å². The molecule has 2 aliphatic carbocycles. The van der Waals surface area contributed by atoms with E-state index in [1.54, 1.807) is 12.1 Å². The van der Waals surface area contributed by atoms with E-state index in [2.05, 4.69) is 19.0 Å². The number of fused-ring (bicyclic) bond motifs is 2. The minimum absolute atomic E-state index is 0.171. The smallest absolute Gasteiger partial charge is 0.316 e. The van der Waals surface area contributed by atoms with Gasteiger partial charge in [0.2, 0.25) is 0 Å². The summed E-state index contributed by atoms with van der Waals surface area (Å²) < 4.78 is 20.3. The van der Waals surface area contributed by atoms with Gasteiger partial charge in [0.05, 0.1) is 5.41 Å². The lowest BCUT2D eigenvalue weighted by atomic mass is 9.69. The number of halogens is 1. The highest BCUT2D eigenvalue weighted by molar-refractivity contribution is 5.77. The molecule has 144 valence electrons. The van der Waals surface area contributed by atoms with Crippen LogP contribution in [0.2, 0.25) is 0 Å². The number of benzene rings is 1. The molecule has 0 N–H and O–H groups in total. The van der Waals surface area contributed by atoms with E-state index in [1.165, 1.54) is 25.3 Å². The SMILES string of the molecule is CN(C)C[C@H]1[C@@H]2CC[C@@H](C2)C[C@H]1c1cc(OC(=O)C(C)(C)C)ccc1F. The Morgan fingerprint density at radius 3 is 2.62 bits per heavy atom. The maximum atomic E-state index is 14.8. The van der Waals surface area contributed by atoms with E-state index in [9.17, 15) is 9.18 Å². The molecule has 0 heterocycles. The second-order valence-electron chi connectivity index (χ2n) is 9.53. The van der Waals surface area contributed by atoms with Crippen LogP contribution >= 0.6 is 0 Å². The second-order valence-corrected chi connectivity index (χ2v) is 9.53. The van der Waals surface area contributed by atoms with Gasteiger partial charge >= 0.3 is 5.97 Å². The van der Waals surface area contributed by atoms with Crippen molar-refractivity contribution in [2.45, 2.75) is 52.4 Å². The van der Waals surface area contributed by atoms with E-state index in [4.69, 9.17) is 4.74 Å². The lowest BCUT2D eigenvalue weighted by Gasteiger charge is -2.39. The summed E-state index contributed by atoms with van der Waals surface area (Å²) in [5, 5.41) is 0. The Labute approximate surface area is 156 Å². The van der Waals surface area contributed by atoms with E-state index < -0.39 is 5.41 Å². The Morgan fingerprint density at radius 2 is 1.96 bits per heavy atom. The first kappa shape index (κ1) is 19.3. The molecule has 0 amide bonds. The largest absolute Gasteiger partial charge is 0.426 e. The minimum atomic E-state index is -0.577. The quantitative estimate of drug-likeness (QED) is 0.567. The number of esters is 1. The van der Waals surface area contributed by atoms with Gasteiger partial charge in [0.15, 0.2) is 0 Å². The van der Waals surface area contributed by atoms with Crippen molar-refractivity contribution in [1.29, 1.82) is 0 Å². The average molecular weight is 362 g/mol. The van der Waals surface area contributed by atoms with Crippen LogP contribution in [-0.4, -0.2) is 31.5 Å². The lowest BCUT2D eigenvalue weighted by Crippen LogP contribution is -2.35. The van der Waals surface area contributed by atoms with Crippen molar-refractivity contribution in [3.8, 4) is 5.75 Å². The first-order valence-electron chi connectivity index (χ1n) is 9.81. The van der Waals surface area contributed by atoms with E-state index in [0.717, 1.165) is 18.5 Å². The van der Waals surface area contributed by atoms with Crippen LogP contribution in [0.25, 0.3) is 0 Å². The molecule has 3 rings (SSSR count). The van der Waals surface area contributed by atoms with Gasteiger partial charge in [-0.2, -0.15) is 0 Å². The predicted octanol–water partition coefficient (Wildman–Crippen LogP) is 4.86. The van der Waals surface area contributed by atoms with Gasteiger partial charge in [0.1, 0.15) is 11.6 Å². The fraction of sp³-hybridized carbons (Fsp3) is 0.682. The highest BCUT2D eigenvalue weighted by atomic mass is 19.1. The maximum absolute atomic E-state index is 14.8. The molecular weight excluding hydrogens is 329 g/mol. The second kappa shape index (κ2) is 7.30. The first-order chi connectivity index (χ1) is 12.1. The Hall–Kier alpha value is -1.42. The maximum Gasteiger partial charge on any atom is 0.316 e. The fourth-order valence-corrected chi connectivity index (χ4v) is 4.76. The molecule has 1 aromatic rings.